The van der Waals surface area contributed by atoms with Crippen LogP contribution in [-0.4, -0.2) is 24.9 Å². The van der Waals surface area contributed by atoms with Crippen LogP contribution in [-0.2, 0) is 4.79 Å². The second-order valence-corrected chi connectivity index (χ2v) is 7.39. The summed E-state index contributed by atoms with van der Waals surface area (Å²) in [7, 11) is 4.02. The standard InChI is InChI=1S/C22H23N3OS/c1-6-18(25(4)5)12-16-7-8-17(11-14(16)2)21-10-9-20(27-21)15(3)19(13-23)22(24)26/h6-12H,2H2,1,3-5H3,(H2,24,26)/b16-12-,18-6+,19-15+. The monoisotopic (exact) mass is 377 g/mol. The lowest BCUT2D eigenvalue weighted by Crippen LogP contribution is -2.24. The maximum absolute atomic E-state index is 11.4. The summed E-state index contributed by atoms with van der Waals surface area (Å²) in [5, 5.41) is 11.1. The van der Waals surface area contributed by atoms with Gasteiger partial charge in [-0.2, -0.15) is 5.26 Å². The molecule has 0 radical (unpaired) electrons. The summed E-state index contributed by atoms with van der Waals surface area (Å²) in [5.74, 6) is -0.703. The van der Waals surface area contributed by atoms with E-state index in [1.54, 1.807) is 6.92 Å². The molecule has 0 aliphatic carbocycles. The van der Waals surface area contributed by atoms with Gasteiger partial charge in [0.15, 0.2) is 0 Å². The van der Waals surface area contributed by atoms with Gasteiger partial charge in [-0.25, -0.2) is 0 Å². The van der Waals surface area contributed by atoms with E-state index in [4.69, 9.17) is 11.0 Å². The van der Waals surface area contributed by atoms with Crippen molar-refractivity contribution < 1.29 is 4.79 Å². The lowest BCUT2D eigenvalue weighted by molar-refractivity contribution is -0.114. The Morgan fingerprint density at radius 1 is 1.30 bits per heavy atom. The predicted octanol–water partition coefficient (Wildman–Crippen LogP) is 2.85. The first-order chi connectivity index (χ1) is 12.8. The molecule has 0 saturated carbocycles. The van der Waals surface area contributed by atoms with Crippen molar-refractivity contribution in [1.82, 2.24) is 4.90 Å². The van der Waals surface area contributed by atoms with E-state index in [1.807, 2.05) is 45.3 Å². The molecule has 1 aromatic heterocycles. The van der Waals surface area contributed by atoms with Crippen molar-refractivity contribution in [3.05, 3.63) is 63.0 Å². The Hall–Kier alpha value is -3.10. The third-order valence-corrected chi connectivity index (χ3v) is 5.51. The Balaban J connectivity index is 2.46. The van der Waals surface area contributed by atoms with E-state index in [0.717, 1.165) is 31.5 Å². The van der Waals surface area contributed by atoms with Crippen LogP contribution in [0.25, 0.3) is 28.7 Å². The Morgan fingerprint density at radius 2 is 2.00 bits per heavy atom. The summed E-state index contributed by atoms with van der Waals surface area (Å²) >= 11 is 1.52. The smallest absolute Gasteiger partial charge is 0.259 e. The minimum absolute atomic E-state index is 0.00578. The molecule has 0 unspecified atom stereocenters. The van der Waals surface area contributed by atoms with Gasteiger partial charge in [0, 0.05) is 29.5 Å². The van der Waals surface area contributed by atoms with Crippen molar-refractivity contribution in [1.29, 1.82) is 5.26 Å². The van der Waals surface area contributed by atoms with Crippen molar-refractivity contribution >= 4 is 35.5 Å². The van der Waals surface area contributed by atoms with Crippen LogP contribution in [0.3, 0.4) is 0 Å². The molecule has 2 rings (SSSR count). The summed E-state index contributed by atoms with van der Waals surface area (Å²) in [6.07, 6.45) is 4.16. The van der Waals surface area contributed by atoms with E-state index in [1.165, 1.54) is 11.3 Å². The van der Waals surface area contributed by atoms with Crippen molar-refractivity contribution in [2.45, 2.75) is 13.8 Å². The van der Waals surface area contributed by atoms with Crippen LogP contribution in [0.1, 0.15) is 18.7 Å². The predicted molar refractivity (Wildman–Crippen MR) is 114 cm³/mol. The number of nitrogens with zero attached hydrogens (tertiary/aromatic N) is 2. The molecule has 2 aromatic rings. The highest BCUT2D eigenvalue weighted by Gasteiger charge is 2.12. The Bertz CT molecular complexity index is 1080. The number of primary amides is 1. The first-order valence-electron chi connectivity index (χ1n) is 8.44. The zero-order chi connectivity index (χ0) is 20.1. The fourth-order valence-electron chi connectivity index (χ4n) is 2.67. The number of nitrogens with two attached hydrogens (primary N) is 1. The second-order valence-electron chi connectivity index (χ2n) is 6.31. The third-order valence-electron chi connectivity index (χ3n) is 4.25. The quantitative estimate of drug-likeness (QED) is 0.643. The number of carbonyl (C=O) groups is 1. The Kier molecular flexibility index (Phi) is 6.38. The van der Waals surface area contributed by atoms with Crippen LogP contribution in [0.5, 0.6) is 0 Å². The zero-order valence-corrected chi connectivity index (χ0v) is 16.9. The van der Waals surface area contributed by atoms with Gasteiger partial charge in [-0.1, -0.05) is 24.8 Å². The molecule has 0 fully saturated rings. The molecule has 1 amide bonds. The molecule has 0 saturated heterocycles. The number of allylic oxidation sites excluding steroid dienone is 3. The number of rotatable bonds is 5. The zero-order valence-electron chi connectivity index (χ0n) is 16.0. The number of thiophene rings is 1. The summed E-state index contributed by atoms with van der Waals surface area (Å²) in [5.41, 5.74) is 8.03. The maximum atomic E-state index is 11.4. The van der Waals surface area contributed by atoms with Crippen molar-refractivity contribution in [2.75, 3.05) is 14.1 Å². The lowest BCUT2D eigenvalue weighted by atomic mass is 10.1. The van der Waals surface area contributed by atoms with Gasteiger partial charge in [-0.3, -0.25) is 4.79 Å². The van der Waals surface area contributed by atoms with Crippen molar-refractivity contribution in [2.24, 2.45) is 5.73 Å². The highest BCUT2D eigenvalue weighted by atomic mass is 32.1. The topological polar surface area (TPSA) is 70.1 Å². The third kappa shape index (κ3) is 4.55. The van der Waals surface area contributed by atoms with E-state index in [9.17, 15) is 4.79 Å². The van der Waals surface area contributed by atoms with Crippen molar-refractivity contribution in [3.8, 4) is 16.5 Å². The van der Waals surface area contributed by atoms with Gasteiger partial charge in [0.05, 0.1) is 0 Å². The Morgan fingerprint density at radius 3 is 2.52 bits per heavy atom. The molecule has 138 valence electrons. The van der Waals surface area contributed by atoms with Crippen LogP contribution < -0.4 is 16.2 Å². The first kappa shape index (κ1) is 20.2. The lowest BCUT2D eigenvalue weighted by Gasteiger charge is -2.12. The average Bonchev–Trinajstić information content (AvgIpc) is 3.10. The molecule has 2 N–H and O–H groups in total. The normalized spacial score (nSPS) is 13.1. The molecule has 27 heavy (non-hydrogen) atoms. The molecule has 4 nitrogen and oxygen atoms in total. The number of nitriles is 1. The van der Waals surface area contributed by atoms with Gasteiger partial charge < -0.3 is 10.6 Å². The summed E-state index contributed by atoms with van der Waals surface area (Å²) in [6.45, 7) is 7.92. The Labute approximate surface area is 163 Å². The van der Waals surface area contributed by atoms with Crippen molar-refractivity contribution in [3.63, 3.8) is 0 Å². The average molecular weight is 378 g/mol. The first-order valence-corrected chi connectivity index (χ1v) is 9.25. The van der Waals surface area contributed by atoms with E-state index in [-0.39, 0.29) is 5.57 Å². The largest absolute Gasteiger partial charge is 0.378 e. The summed E-state index contributed by atoms with van der Waals surface area (Å²) < 4.78 is 0. The van der Waals surface area contributed by atoms with Crippen LogP contribution in [0.2, 0.25) is 0 Å². The summed E-state index contributed by atoms with van der Waals surface area (Å²) in [4.78, 5) is 15.3. The number of benzene rings is 1. The van der Waals surface area contributed by atoms with Gasteiger partial charge in [-0.05, 0) is 59.7 Å². The molecule has 0 aliphatic rings. The van der Waals surface area contributed by atoms with Crippen LogP contribution >= 0.6 is 11.3 Å². The number of hydrogen-bond acceptors (Lipinski definition) is 4. The van der Waals surface area contributed by atoms with Gasteiger partial charge in [0.1, 0.15) is 11.6 Å². The molecule has 1 aromatic carbocycles. The van der Waals surface area contributed by atoms with Gasteiger partial charge in [0.25, 0.3) is 5.91 Å². The van der Waals surface area contributed by atoms with E-state index >= 15 is 0 Å². The summed E-state index contributed by atoms with van der Waals surface area (Å²) in [6, 6.07) is 11.9. The minimum atomic E-state index is -0.703. The van der Waals surface area contributed by atoms with Crippen LogP contribution in [0, 0.1) is 11.3 Å². The highest BCUT2D eigenvalue weighted by Crippen LogP contribution is 2.32. The highest BCUT2D eigenvalue weighted by molar-refractivity contribution is 7.16. The van der Waals surface area contributed by atoms with Gasteiger partial charge in [0.2, 0.25) is 0 Å². The second kappa shape index (κ2) is 8.52. The maximum Gasteiger partial charge on any atom is 0.259 e. The molecular weight excluding hydrogens is 354 g/mol. The molecular formula is C22H23N3OS. The minimum Gasteiger partial charge on any atom is -0.378 e. The molecule has 0 aliphatic heterocycles. The molecule has 0 bridgehead atoms. The number of hydrogen-bond donors (Lipinski definition) is 1. The molecule has 1 heterocycles. The number of amides is 1. The van der Waals surface area contributed by atoms with Crippen LogP contribution in [0.15, 0.2) is 47.7 Å². The molecule has 0 atom stereocenters. The van der Waals surface area contributed by atoms with E-state index in [2.05, 4.69) is 35.8 Å². The molecule has 0 spiro atoms. The van der Waals surface area contributed by atoms with Crippen LogP contribution in [0.4, 0.5) is 0 Å². The SMILES string of the molecule is C=c1cc(-c2ccc(/C(C)=C(\C#N)C(N)=O)s2)cc/c1=C/C(=C\C)N(C)C. The van der Waals surface area contributed by atoms with E-state index < -0.39 is 5.91 Å². The fraction of sp³-hybridized carbons (Fsp3) is 0.182. The van der Waals surface area contributed by atoms with Gasteiger partial charge >= 0.3 is 0 Å². The van der Waals surface area contributed by atoms with Gasteiger partial charge in [-0.15, -0.1) is 11.3 Å². The van der Waals surface area contributed by atoms with E-state index in [0.29, 0.717) is 5.57 Å². The fourth-order valence-corrected chi connectivity index (χ4v) is 3.68. The number of carbonyl (C=O) groups excluding carboxylic acids is 1. The molecule has 5 heteroatoms.